The number of thioether (sulfide) groups is 2. The van der Waals surface area contributed by atoms with Gasteiger partial charge in [-0.05, 0) is 12.7 Å². The molecule has 0 rings (SSSR count). The first-order valence-electron chi connectivity index (χ1n) is 3.61. The lowest BCUT2D eigenvalue weighted by Crippen LogP contribution is -1.99. The van der Waals surface area contributed by atoms with E-state index >= 15 is 0 Å². The van der Waals surface area contributed by atoms with E-state index in [0.29, 0.717) is 5.25 Å². The molecule has 1 unspecified atom stereocenters. The molecule has 11 heavy (non-hydrogen) atoms. The maximum atomic E-state index is 10.9. The van der Waals surface area contributed by atoms with Crippen LogP contribution < -0.4 is 0 Å². The molecule has 0 saturated heterocycles. The molecule has 3 heteroatoms. The van der Waals surface area contributed by atoms with Gasteiger partial charge in [-0.2, -0.15) is 0 Å². The molecule has 0 amide bonds. The molecule has 0 fully saturated rings. The van der Waals surface area contributed by atoms with E-state index in [1.54, 1.807) is 6.26 Å². The van der Waals surface area contributed by atoms with Gasteiger partial charge < -0.3 is 0 Å². The van der Waals surface area contributed by atoms with Gasteiger partial charge in [-0.15, -0.1) is 6.58 Å². The summed E-state index contributed by atoms with van der Waals surface area (Å²) in [6, 6.07) is 0. The number of carbonyl (C=O) groups excluding carboxylic acids is 1. The minimum Gasteiger partial charge on any atom is -0.274 e. The summed E-state index contributed by atoms with van der Waals surface area (Å²) in [5.74, 6) is 0. The zero-order valence-electron chi connectivity index (χ0n) is 7.00. The van der Waals surface area contributed by atoms with Crippen molar-refractivity contribution in [3.8, 4) is 0 Å². The number of carbonyl (C=O) groups is 1. The van der Waals surface area contributed by atoms with Crippen molar-refractivity contribution >= 4 is 28.0 Å². The molecule has 0 heterocycles. The third-order valence-electron chi connectivity index (χ3n) is 1.25. The second kappa shape index (κ2) is 6.80. The van der Waals surface area contributed by atoms with Crippen molar-refractivity contribution in [2.75, 3.05) is 6.26 Å². The zero-order valence-corrected chi connectivity index (χ0v) is 8.63. The Morgan fingerprint density at radius 1 is 1.73 bits per heavy atom. The van der Waals surface area contributed by atoms with E-state index in [1.165, 1.54) is 23.5 Å². The van der Waals surface area contributed by atoms with Gasteiger partial charge in [0.1, 0.15) is 0 Å². The normalized spacial score (nSPS) is 12.5. The van der Waals surface area contributed by atoms with Crippen LogP contribution in [-0.2, 0) is 0 Å². The van der Waals surface area contributed by atoms with Crippen LogP contribution in [0.2, 0.25) is 0 Å². The quantitative estimate of drug-likeness (QED) is 0.631. The Labute approximate surface area is 77.0 Å². The summed E-state index contributed by atoms with van der Waals surface area (Å²) >= 11 is 2.65. The molecule has 0 aromatic heterocycles. The van der Waals surface area contributed by atoms with E-state index < -0.39 is 0 Å². The van der Waals surface area contributed by atoms with Gasteiger partial charge >= 0.3 is 0 Å². The Hall–Kier alpha value is 0.110. The molecule has 0 bridgehead atoms. The topological polar surface area (TPSA) is 17.1 Å². The van der Waals surface area contributed by atoms with Gasteiger partial charge in [0, 0.05) is 5.25 Å². The van der Waals surface area contributed by atoms with Gasteiger partial charge in [0.2, 0.25) is 4.45 Å². The van der Waals surface area contributed by atoms with E-state index in [1.807, 2.05) is 6.08 Å². The Balaban J connectivity index is 3.67. The first kappa shape index (κ1) is 11.1. The largest absolute Gasteiger partial charge is 0.274 e. The summed E-state index contributed by atoms with van der Waals surface area (Å²) in [7, 11) is 0. The van der Waals surface area contributed by atoms with E-state index in [-0.39, 0.29) is 4.45 Å². The molecular weight excluding hydrogens is 176 g/mol. The fourth-order valence-corrected chi connectivity index (χ4v) is 2.13. The van der Waals surface area contributed by atoms with Crippen molar-refractivity contribution in [2.24, 2.45) is 0 Å². The first-order valence-corrected chi connectivity index (χ1v) is 5.72. The van der Waals surface area contributed by atoms with Crippen molar-refractivity contribution < 1.29 is 4.79 Å². The van der Waals surface area contributed by atoms with Crippen molar-refractivity contribution in [1.82, 2.24) is 0 Å². The highest BCUT2D eigenvalue weighted by molar-refractivity contribution is 8.38. The van der Waals surface area contributed by atoms with Crippen LogP contribution in [0.15, 0.2) is 12.7 Å². The summed E-state index contributed by atoms with van der Waals surface area (Å²) < 4.78 is 0.184. The molecule has 0 aliphatic rings. The molecular formula is C8H14OS2. The van der Waals surface area contributed by atoms with Crippen LogP contribution in [0.3, 0.4) is 0 Å². The van der Waals surface area contributed by atoms with E-state index in [9.17, 15) is 4.79 Å². The zero-order chi connectivity index (χ0) is 8.69. The van der Waals surface area contributed by atoms with Gasteiger partial charge in [-0.25, -0.2) is 0 Å². The molecule has 64 valence electrons. The fourth-order valence-electron chi connectivity index (χ4n) is 0.681. The molecule has 0 aromatic rings. The van der Waals surface area contributed by atoms with Gasteiger partial charge in [0.25, 0.3) is 0 Å². The molecule has 0 N–H and O–H groups in total. The van der Waals surface area contributed by atoms with Gasteiger partial charge in [0.05, 0.1) is 0 Å². The molecule has 0 aliphatic carbocycles. The molecule has 1 nitrogen and oxygen atoms in total. The average Bonchev–Trinajstić information content (AvgIpc) is 2.03. The molecule has 0 radical (unpaired) electrons. The summed E-state index contributed by atoms with van der Waals surface area (Å²) in [6.07, 6.45) is 5.80. The second-order valence-corrected chi connectivity index (χ2v) is 4.38. The van der Waals surface area contributed by atoms with Crippen LogP contribution in [0.4, 0.5) is 4.79 Å². The highest BCUT2D eigenvalue weighted by Gasteiger charge is 2.08. The highest BCUT2D eigenvalue weighted by Crippen LogP contribution is 2.23. The predicted molar refractivity (Wildman–Crippen MR) is 55.4 cm³/mol. The van der Waals surface area contributed by atoms with Crippen LogP contribution in [-0.4, -0.2) is 16.0 Å². The van der Waals surface area contributed by atoms with Gasteiger partial charge in [-0.3, -0.25) is 4.79 Å². The summed E-state index contributed by atoms with van der Waals surface area (Å²) in [6.45, 7) is 5.80. The third kappa shape index (κ3) is 5.39. The molecule has 0 saturated carbocycles. The lowest BCUT2D eigenvalue weighted by molar-refractivity contribution is 0.276. The van der Waals surface area contributed by atoms with Gasteiger partial charge in [-0.1, -0.05) is 42.9 Å². The Morgan fingerprint density at radius 2 is 2.36 bits per heavy atom. The minimum absolute atomic E-state index is 0.184. The Kier molecular flexibility index (Phi) is 6.87. The maximum absolute atomic E-state index is 10.9. The number of hydrogen-bond acceptors (Lipinski definition) is 3. The smallest absolute Gasteiger partial charge is 0.246 e. The van der Waals surface area contributed by atoms with Crippen LogP contribution in [0.25, 0.3) is 0 Å². The monoisotopic (exact) mass is 190 g/mol. The van der Waals surface area contributed by atoms with Crippen LogP contribution in [0.5, 0.6) is 0 Å². The van der Waals surface area contributed by atoms with Crippen molar-refractivity contribution in [3.05, 3.63) is 12.7 Å². The fraction of sp³-hybridized carbons (Fsp3) is 0.625. The average molecular weight is 190 g/mol. The molecule has 1 atom stereocenters. The van der Waals surface area contributed by atoms with Crippen molar-refractivity contribution in [1.29, 1.82) is 0 Å². The van der Waals surface area contributed by atoms with Crippen LogP contribution in [0.1, 0.15) is 19.8 Å². The lowest BCUT2D eigenvalue weighted by Gasteiger charge is -2.07. The SMILES string of the molecule is C=CC(CCC)SC(=O)SC. The van der Waals surface area contributed by atoms with E-state index in [4.69, 9.17) is 0 Å². The van der Waals surface area contributed by atoms with Crippen LogP contribution >= 0.6 is 23.5 Å². The van der Waals surface area contributed by atoms with Crippen molar-refractivity contribution in [3.63, 3.8) is 0 Å². The lowest BCUT2D eigenvalue weighted by atomic mass is 10.2. The van der Waals surface area contributed by atoms with E-state index in [2.05, 4.69) is 13.5 Å². The molecule has 0 spiro atoms. The van der Waals surface area contributed by atoms with Gasteiger partial charge in [0.15, 0.2) is 0 Å². The van der Waals surface area contributed by atoms with E-state index in [0.717, 1.165) is 12.8 Å². The number of rotatable bonds is 4. The first-order chi connectivity index (χ1) is 5.24. The molecule has 0 aliphatic heterocycles. The third-order valence-corrected chi connectivity index (χ3v) is 3.30. The predicted octanol–water partition coefficient (Wildman–Crippen LogP) is 3.56. The molecule has 0 aromatic carbocycles. The second-order valence-electron chi connectivity index (χ2n) is 2.13. The summed E-state index contributed by atoms with van der Waals surface area (Å²) in [5, 5.41) is 0.306. The van der Waals surface area contributed by atoms with Crippen molar-refractivity contribution in [2.45, 2.75) is 25.0 Å². The Morgan fingerprint density at radius 3 is 2.73 bits per heavy atom. The summed E-state index contributed by atoms with van der Waals surface area (Å²) in [4.78, 5) is 10.9. The highest BCUT2D eigenvalue weighted by atomic mass is 32.2. The Bertz CT molecular complexity index is 134. The maximum Gasteiger partial charge on any atom is 0.246 e. The minimum atomic E-state index is 0.184. The number of hydrogen-bond donors (Lipinski definition) is 0. The van der Waals surface area contributed by atoms with Crippen LogP contribution in [0, 0.1) is 0 Å². The summed E-state index contributed by atoms with van der Waals surface area (Å²) in [5.41, 5.74) is 0. The standard InChI is InChI=1S/C8H14OS2/c1-4-6-7(5-2)11-8(9)10-3/h5,7H,2,4,6H2,1,3H3.